The number of likely N-dealkylation sites (tertiary alicyclic amines) is 1. The molecule has 1 aliphatic heterocycles. The van der Waals surface area contributed by atoms with Gasteiger partial charge in [-0.05, 0) is 56.8 Å². The monoisotopic (exact) mass is 462 g/mol. The first-order chi connectivity index (χ1) is 11.6. The summed E-state index contributed by atoms with van der Waals surface area (Å²) in [5.74, 6) is 3.98. The highest BCUT2D eigenvalue weighted by atomic mass is 127. The van der Waals surface area contributed by atoms with Crippen LogP contribution in [0.1, 0.15) is 52.9 Å². The molecule has 25 heavy (non-hydrogen) atoms. The van der Waals surface area contributed by atoms with Gasteiger partial charge in [0.05, 0.1) is 0 Å². The number of aliphatic imine (C=N–C) groups is 1. The van der Waals surface area contributed by atoms with Crippen LogP contribution in [-0.2, 0) is 4.79 Å². The Morgan fingerprint density at radius 2 is 1.80 bits per heavy atom. The highest BCUT2D eigenvalue weighted by Crippen LogP contribution is 2.49. The first-order valence-electron chi connectivity index (χ1n) is 9.92. The molecule has 0 spiro atoms. The molecule has 6 heteroatoms. The van der Waals surface area contributed by atoms with E-state index in [0.29, 0.717) is 6.04 Å². The average Bonchev–Trinajstić information content (AvgIpc) is 3.47. The highest BCUT2D eigenvalue weighted by molar-refractivity contribution is 14.0. The summed E-state index contributed by atoms with van der Waals surface area (Å²) >= 11 is 0. The number of halogens is 1. The van der Waals surface area contributed by atoms with Crippen LogP contribution in [0.3, 0.4) is 0 Å². The molecule has 1 amide bonds. The van der Waals surface area contributed by atoms with Gasteiger partial charge in [-0.2, -0.15) is 0 Å². The second-order valence-electron chi connectivity index (χ2n) is 8.13. The molecule has 3 rings (SSSR count). The van der Waals surface area contributed by atoms with E-state index in [2.05, 4.69) is 17.6 Å². The number of rotatable bonds is 7. The van der Waals surface area contributed by atoms with Crippen LogP contribution in [0.2, 0.25) is 0 Å². The third kappa shape index (κ3) is 6.00. The molecular weight excluding hydrogens is 427 g/mol. The van der Waals surface area contributed by atoms with Gasteiger partial charge in [-0.1, -0.05) is 13.8 Å². The lowest BCUT2D eigenvalue weighted by atomic mass is 9.98. The molecular formula is C19H35IN4O. The third-order valence-electron chi connectivity index (χ3n) is 5.59. The van der Waals surface area contributed by atoms with Crippen molar-refractivity contribution < 1.29 is 4.79 Å². The number of nitrogens with zero attached hydrogens (tertiary/aromatic N) is 2. The van der Waals surface area contributed by atoms with Crippen LogP contribution in [0.25, 0.3) is 0 Å². The van der Waals surface area contributed by atoms with E-state index >= 15 is 0 Å². The van der Waals surface area contributed by atoms with Gasteiger partial charge in [-0.3, -0.25) is 9.79 Å². The number of amides is 1. The van der Waals surface area contributed by atoms with Gasteiger partial charge in [-0.15, -0.1) is 24.0 Å². The van der Waals surface area contributed by atoms with Crippen LogP contribution in [-0.4, -0.2) is 49.0 Å². The standard InChI is InChI=1S/C19H34N4O.HI/c1-4-20-19(21-11-17(14-5-6-14)15-7-8-15)22-16-9-10-23(12-16)18(24)13(2)3;/h13-17H,4-12H2,1-3H3,(H2,20,21,22);1H. The van der Waals surface area contributed by atoms with E-state index in [1.165, 1.54) is 25.7 Å². The Morgan fingerprint density at radius 3 is 2.32 bits per heavy atom. The normalized spacial score (nSPS) is 23.8. The van der Waals surface area contributed by atoms with Gasteiger partial charge in [0.25, 0.3) is 0 Å². The van der Waals surface area contributed by atoms with Gasteiger partial charge in [0, 0.05) is 38.1 Å². The summed E-state index contributed by atoms with van der Waals surface area (Å²) in [6, 6.07) is 0.325. The van der Waals surface area contributed by atoms with Crippen molar-refractivity contribution in [1.29, 1.82) is 0 Å². The van der Waals surface area contributed by atoms with E-state index < -0.39 is 0 Å². The predicted octanol–water partition coefficient (Wildman–Crippen LogP) is 2.85. The third-order valence-corrected chi connectivity index (χ3v) is 5.59. The highest BCUT2D eigenvalue weighted by Gasteiger charge is 2.41. The Kier molecular flexibility index (Phi) is 7.83. The fraction of sp³-hybridized carbons (Fsp3) is 0.895. The first-order valence-corrected chi connectivity index (χ1v) is 9.92. The minimum Gasteiger partial charge on any atom is -0.357 e. The number of carbonyl (C=O) groups excluding carboxylic acids is 1. The van der Waals surface area contributed by atoms with E-state index in [0.717, 1.165) is 56.3 Å². The molecule has 0 bridgehead atoms. The zero-order valence-electron chi connectivity index (χ0n) is 16.0. The molecule has 0 aromatic carbocycles. The molecule has 1 unspecified atom stereocenters. The molecule has 144 valence electrons. The zero-order chi connectivity index (χ0) is 17.1. The largest absolute Gasteiger partial charge is 0.357 e. The van der Waals surface area contributed by atoms with Crippen molar-refractivity contribution in [2.75, 3.05) is 26.2 Å². The van der Waals surface area contributed by atoms with Crippen LogP contribution in [0.15, 0.2) is 4.99 Å². The molecule has 2 aliphatic carbocycles. The Bertz CT molecular complexity index is 462. The second-order valence-corrected chi connectivity index (χ2v) is 8.13. The van der Waals surface area contributed by atoms with Crippen molar-refractivity contribution in [2.45, 2.75) is 58.9 Å². The number of hydrogen-bond donors (Lipinski definition) is 2. The van der Waals surface area contributed by atoms with E-state index in [4.69, 9.17) is 4.99 Å². The Hall–Kier alpha value is -0.530. The number of hydrogen-bond acceptors (Lipinski definition) is 2. The fourth-order valence-electron chi connectivity index (χ4n) is 3.89. The van der Waals surface area contributed by atoms with Gasteiger partial charge in [0.15, 0.2) is 5.96 Å². The van der Waals surface area contributed by atoms with Crippen LogP contribution in [0, 0.1) is 23.7 Å². The molecule has 1 atom stereocenters. The Morgan fingerprint density at radius 1 is 1.16 bits per heavy atom. The summed E-state index contributed by atoms with van der Waals surface area (Å²) < 4.78 is 0. The van der Waals surface area contributed by atoms with Gasteiger partial charge in [0.1, 0.15) is 0 Å². The van der Waals surface area contributed by atoms with Crippen molar-refractivity contribution in [3.63, 3.8) is 0 Å². The topological polar surface area (TPSA) is 56.7 Å². The van der Waals surface area contributed by atoms with Crippen molar-refractivity contribution in [1.82, 2.24) is 15.5 Å². The summed E-state index contributed by atoms with van der Waals surface area (Å²) in [7, 11) is 0. The van der Waals surface area contributed by atoms with Crippen molar-refractivity contribution in [3.05, 3.63) is 0 Å². The van der Waals surface area contributed by atoms with E-state index in [1.54, 1.807) is 0 Å². The maximum absolute atomic E-state index is 12.1. The van der Waals surface area contributed by atoms with Crippen LogP contribution in [0.5, 0.6) is 0 Å². The van der Waals surface area contributed by atoms with Gasteiger partial charge in [-0.25, -0.2) is 0 Å². The molecule has 3 fully saturated rings. The maximum atomic E-state index is 12.1. The molecule has 0 aromatic heterocycles. The van der Waals surface area contributed by atoms with E-state index in [1.807, 2.05) is 18.7 Å². The molecule has 0 radical (unpaired) electrons. The van der Waals surface area contributed by atoms with Crippen LogP contribution < -0.4 is 10.6 Å². The number of nitrogens with one attached hydrogen (secondary N) is 2. The summed E-state index contributed by atoms with van der Waals surface area (Å²) in [5, 5.41) is 6.95. The summed E-state index contributed by atoms with van der Waals surface area (Å²) in [5.41, 5.74) is 0. The van der Waals surface area contributed by atoms with Crippen LogP contribution in [0.4, 0.5) is 0 Å². The van der Waals surface area contributed by atoms with Gasteiger partial charge < -0.3 is 15.5 Å². The maximum Gasteiger partial charge on any atom is 0.225 e. The van der Waals surface area contributed by atoms with Crippen molar-refractivity contribution in [2.24, 2.45) is 28.7 Å². The second kappa shape index (κ2) is 9.42. The Labute approximate surface area is 169 Å². The smallest absolute Gasteiger partial charge is 0.225 e. The molecule has 1 saturated heterocycles. The molecule has 3 aliphatic rings. The first kappa shape index (κ1) is 20.8. The van der Waals surface area contributed by atoms with Gasteiger partial charge in [0.2, 0.25) is 5.91 Å². The fourth-order valence-corrected chi connectivity index (χ4v) is 3.89. The number of carbonyl (C=O) groups is 1. The van der Waals surface area contributed by atoms with Crippen LogP contribution >= 0.6 is 24.0 Å². The van der Waals surface area contributed by atoms with E-state index in [9.17, 15) is 4.79 Å². The molecule has 2 saturated carbocycles. The molecule has 2 N–H and O–H groups in total. The summed E-state index contributed by atoms with van der Waals surface area (Å²) in [6.07, 6.45) is 6.66. The molecule has 0 aromatic rings. The zero-order valence-corrected chi connectivity index (χ0v) is 18.3. The quantitative estimate of drug-likeness (QED) is 0.348. The minimum atomic E-state index is 0. The van der Waals surface area contributed by atoms with Crippen molar-refractivity contribution in [3.8, 4) is 0 Å². The van der Waals surface area contributed by atoms with Crippen molar-refractivity contribution >= 4 is 35.8 Å². The van der Waals surface area contributed by atoms with E-state index in [-0.39, 0.29) is 35.8 Å². The molecule has 5 nitrogen and oxygen atoms in total. The lowest BCUT2D eigenvalue weighted by Crippen LogP contribution is -2.45. The van der Waals surface area contributed by atoms with Gasteiger partial charge >= 0.3 is 0 Å². The summed E-state index contributed by atoms with van der Waals surface area (Å²) in [6.45, 7) is 9.57. The summed E-state index contributed by atoms with van der Waals surface area (Å²) in [4.78, 5) is 19.0. The number of guanidine groups is 1. The average molecular weight is 462 g/mol. The minimum absolute atomic E-state index is 0. The lowest BCUT2D eigenvalue weighted by Gasteiger charge is -2.21. The SMILES string of the molecule is CCNC(=NCC(C1CC1)C1CC1)NC1CCN(C(=O)C(C)C)C1.I. The lowest BCUT2D eigenvalue weighted by molar-refractivity contribution is -0.133. The predicted molar refractivity (Wildman–Crippen MR) is 113 cm³/mol. The molecule has 1 heterocycles. The Balaban J connectivity index is 0.00000225.